The van der Waals surface area contributed by atoms with Crippen LogP contribution in [0.2, 0.25) is 0 Å². The topological polar surface area (TPSA) is 17.1 Å². The van der Waals surface area contributed by atoms with Crippen LogP contribution in [0.1, 0.15) is 18.9 Å². The van der Waals surface area contributed by atoms with Crippen LogP contribution in [0.4, 0.5) is 0 Å². The van der Waals surface area contributed by atoms with Gasteiger partial charge in [0.2, 0.25) is 0 Å². The van der Waals surface area contributed by atoms with Crippen molar-refractivity contribution in [3.8, 4) is 0 Å². The predicted molar refractivity (Wildman–Crippen MR) is 52.4 cm³/mol. The number of hydrogen-bond acceptors (Lipinski definition) is 1. The molecule has 0 bridgehead atoms. The number of aldehydes is 1. The molecule has 0 atom stereocenters. The molecule has 0 radical (unpaired) electrons. The molecule has 0 aromatic heterocycles. The highest BCUT2D eigenvalue weighted by Gasteiger charge is 1.81. The maximum absolute atomic E-state index is 9.17. The van der Waals surface area contributed by atoms with Gasteiger partial charge in [-0.3, -0.25) is 0 Å². The summed E-state index contributed by atoms with van der Waals surface area (Å²) < 4.78 is 0. The normalized spacial score (nSPS) is 8.17. The zero-order valence-corrected chi connectivity index (χ0v) is 7.92. The zero-order chi connectivity index (χ0) is 9.23. The lowest BCUT2D eigenvalue weighted by Crippen LogP contribution is -1.71. The molecule has 0 fully saturated rings. The Balaban J connectivity index is 0.000000261. The summed E-state index contributed by atoms with van der Waals surface area (Å²) in [6.45, 7) is 1.81. The molecule has 1 aromatic carbocycles. The van der Waals surface area contributed by atoms with Crippen molar-refractivity contribution in [3.05, 3.63) is 35.9 Å². The fourth-order valence-corrected chi connectivity index (χ4v) is 0.745. The Morgan fingerprint density at radius 1 is 1.33 bits per heavy atom. The molecule has 1 rings (SSSR count). The van der Waals surface area contributed by atoms with Crippen molar-refractivity contribution in [2.24, 2.45) is 0 Å². The number of benzene rings is 1. The second kappa shape index (κ2) is 8.28. The molecule has 0 unspecified atom stereocenters. The highest BCUT2D eigenvalue weighted by atomic mass is 35.5. The van der Waals surface area contributed by atoms with Crippen LogP contribution in [0.5, 0.6) is 0 Å². The smallest absolute Gasteiger partial charge is 0.119 e. The summed E-state index contributed by atoms with van der Waals surface area (Å²) in [5.74, 6) is 0.612. The van der Waals surface area contributed by atoms with Crippen LogP contribution in [-0.2, 0) is 10.7 Å². The summed E-state index contributed by atoms with van der Waals surface area (Å²) in [5, 5.41) is 0. The molecule has 0 aliphatic carbocycles. The first-order valence-electron chi connectivity index (χ1n) is 3.88. The Hall–Kier alpha value is -0.820. The first-order valence-corrected chi connectivity index (χ1v) is 4.42. The lowest BCUT2D eigenvalue weighted by atomic mass is 10.2. The molecular formula is C10H13ClO. The average molecular weight is 185 g/mol. The molecule has 12 heavy (non-hydrogen) atoms. The van der Waals surface area contributed by atoms with Crippen LogP contribution < -0.4 is 0 Å². The van der Waals surface area contributed by atoms with E-state index in [9.17, 15) is 4.79 Å². The average Bonchev–Trinajstić information content (AvgIpc) is 2.19. The van der Waals surface area contributed by atoms with Crippen molar-refractivity contribution in [2.45, 2.75) is 19.2 Å². The van der Waals surface area contributed by atoms with Crippen molar-refractivity contribution in [1.29, 1.82) is 0 Å². The van der Waals surface area contributed by atoms with E-state index in [1.165, 1.54) is 5.56 Å². The molecule has 0 saturated heterocycles. The summed E-state index contributed by atoms with van der Waals surface area (Å²) in [6, 6.07) is 9.96. The van der Waals surface area contributed by atoms with Gasteiger partial charge in [-0.2, -0.15) is 0 Å². The van der Waals surface area contributed by atoms with Gasteiger partial charge < -0.3 is 4.79 Å². The van der Waals surface area contributed by atoms with E-state index in [0.29, 0.717) is 12.3 Å². The Morgan fingerprint density at radius 3 is 2.08 bits per heavy atom. The SMILES string of the molecule is CCC=O.ClCc1ccccc1. The third-order valence-corrected chi connectivity index (χ3v) is 1.47. The summed E-state index contributed by atoms with van der Waals surface area (Å²) in [4.78, 5) is 9.17. The van der Waals surface area contributed by atoms with Crippen molar-refractivity contribution < 1.29 is 4.79 Å². The Kier molecular flexibility index (Phi) is 7.71. The van der Waals surface area contributed by atoms with Gasteiger partial charge >= 0.3 is 0 Å². The molecular weight excluding hydrogens is 172 g/mol. The quantitative estimate of drug-likeness (QED) is 0.510. The van der Waals surface area contributed by atoms with Crippen LogP contribution in [0.3, 0.4) is 0 Å². The number of carbonyl (C=O) groups excluding carboxylic acids is 1. The highest BCUT2D eigenvalue weighted by molar-refractivity contribution is 6.17. The zero-order valence-electron chi connectivity index (χ0n) is 7.16. The fraction of sp³-hybridized carbons (Fsp3) is 0.300. The maximum atomic E-state index is 9.17. The molecule has 0 aliphatic rings. The number of rotatable bonds is 2. The minimum Gasteiger partial charge on any atom is -0.303 e. The summed E-state index contributed by atoms with van der Waals surface area (Å²) in [6.07, 6.45) is 1.51. The second-order valence-corrected chi connectivity index (χ2v) is 2.46. The minimum absolute atomic E-state index is 0.612. The van der Waals surface area contributed by atoms with E-state index >= 15 is 0 Å². The number of alkyl halides is 1. The fourth-order valence-electron chi connectivity index (χ4n) is 0.567. The first kappa shape index (κ1) is 11.2. The van der Waals surface area contributed by atoms with Crippen molar-refractivity contribution in [3.63, 3.8) is 0 Å². The molecule has 1 aromatic rings. The van der Waals surface area contributed by atoms with E-state index in [-0.39, 0.29) is 0 Å². The third kappa shape index (κ3) is 5.93. The van der Waals surface area contributed by atoms with Crippen LogP contribution in [-0.4, -0.2) is 6.29 Å². The largest absolute Gasteiger partial charge is 0.303 e. The van der Waals surface area contributed by atoms with E-state index in [1.807, 2.05) is 37.3 Å². The summed E-state index contributed by atoms with van der Waals surface area (Å²) in [5.41, 5.74) is 1.18. The monoisotopic (exact) mass is 184 g/mol. The molecule has 0 spiro atoms. The van der Waals surface area contributed by atoms with E-state index < -0.39 is 0 Å². The van der Waals surface area contributed by atoms with Crippen molar-refractivity contribution in [2.75, 3.05) is 0 Å². The third-order valence-electron chi connectivity index (χ3n) is 1.16. The van der Waals surface area contributed by atoms with E-state index in [2.05, 4.69) is 0 Å². The lowest BCUT2D eigenvalue weighted by molar-refractivity contribution is -0.107. The molecule has 0 heterocycles. The van der Waals surface area contributed by atoms with Gasteiger partial charge in [0.25, 0.3) is 0 Å². The van der Waals surface area contributed by atoms with Gasteiger partial charge in [0, 0.05) is 12.3 Å². The molecule has 66 valence electrons. The molecule has 0 amide bonds. The van der Waals surface area contributed by atoms with Crippen molar-refractivity contribution in [1.82, 2.24) is 0 Å². The van der Waals surface area contributed by atoms with E-state index in [0.717, 1.165) is 6.29 Å². The van der Waals surface area contributed by atoms with Crippen LogP contribution >= 0.6 is 11.6 Å². The van der Waals surface area contributed by atoms with E-state index in [1.54, 1.807) is 0 Å². The Morgan fingerprint density at radius 2 is 1.83 bits per heavy atom. The molecule has 2 heteroatoms. The van der Waals surface area contributed by atoms with Crippen LogP contribution in [0.15, 0.2) is 30.3 Å². The van der Waals surface area contributed by atoms with Gasteiger partial charge in [-0.05, 0) is 5.56 Å². The van der Waals surface area contributed by atoms with Gasteiger partial charge in [-0.1, -0.05) is 37.3 Å². The molecule has 0 saturated carbocycles. The second-order valence-electron chi connectivity index (χ2n) is 2.19. The minimum atomic E-state index is 0.612. The summed E-state index contributed by atoms with van der Waals surface area (Å²) >= 11 is 5.53. The standard InChI is InChI=1S/C7H7Cl.C3H6O/c8-6-7-4-2-1-3-5-7;1-2-3-4/h1-5H,6H2;3H,2H2,1H3. The number of carbonyl (C=O) groups is 1. The summed E-state index contributed by atoms with van der Waals surface area (Å²) in [7, 11) is 0. The molecule has 1 nitrogen and oxygen atoms in total. The van der Waals surface area contributed by atoms with Gasteiger partial charge in [0.05, 0.1) is 0 Å². The Bertz CT molecular complexity index is 196. The molecule has 0 N–H and O–H groups in total. The Labute approximate surface area is 78.4 Å². The first-order chi connectivity index (χ1) is 5.85. The molecule has 0 aliphatic heterocycles. The van der Waals surface area contributed by atoms with Crippen LogP contribution in [0, 0.1) is 0 Å². The maximum Gasteiger partial charge on any atom is 0.119 e. The van der Waals surface area contributed by atoms with E-state index in [4.69, 9.17) is 11.6 Å². The predicted octanol–water partition coefficient (Wildman–Crippen LogP) is 3.02. The van der Waals surface area contributed by atoms with Crippen LogP contribution in [0.25, 0.3) is 0 Å². The van der Waals surface area contributed by atoms with Gasteiger partial charge in [0.15, 0.2) is 0 Å². The van der Waals surface area contributed by atoms with Gasteiger partial charge in [-0.15, -0.1) is 11.6 Å². The highest BCUT2D eigenvalue weighted by Crippen LogP contribution is 2.00. The van der Waals surface area contributed by atoms with Gasteiger partial charge in [0.1, 0.15) is 6.29 Å². The number of halogens is 1. The lowest BCUT2D eigenvalue weighted by Gasteiger charge is -1.88. The number of hydrogen-bond donors (Lipinski definition) is 0. The van der Waals surface area contributed by atoms with Gasteiger partial charge in [-0.25, -0.2) is 0 Å². The van der Waals surface area contributed by atoms with Crippen molar-refractivity contribution >= 4 is 17.9 Å².